The summed E-state index contributed by atoms with van der Waals surface area (Å²) < 4.78 is 0. The topological polar surface area (TPSA) is 29.4 Å². The number of aliphatic imine (C=N–C) groups is 1. The zero-order valence-corrected chi connectivity index (χ0v) is 6.68. The van der Waals surface area contributed by atoms with Gasteiger partial charge in [-0.1, -0.05) is 19.3 Å². The normalized spacial score (nSPS) is 28.2. The van der Waals surface area contributed by atoms with Crippen LogP contribution in [0.15, 0.2) is 4.99 Å². The number of hydrogen-bond acceptors (Lipinski definition) is 2. The standard InChI is InChI=1S/C9H13NO/c11-8-4-7-10-9(8)5-2-1-3-6-9/h7H,1-6H2. The molecule has 0 N–H and O–H groups in total. The van der Waals surface area contributed by atoms with Crippen molar-refractivity contribution in [2.75, 3.05) is 0 Å². The van der Waals surface area contributed by atoms with Crippen LogP contribution >= 0.6 is 0 Å². The average Bonchev–Trinajstić information content (AvgIpc) is 2.36. The fourth-order valence-electron chi connectivity index (χ4n) is 2.11. The molecule has 0 saturated heterocycles. The first kappa shape index (κ1) is 7.01. The third-order valence-corrected chi connectivity index (χ3v) is 2.81. The van der Waals surface area contributed by atoms with Crippen LogP contribution in [0.2, 0.25) is 0 Å². The summed E-state index contributed by atoms with van der Waals surface area (Å²) in [5.41, 5.74) is -0.238. The molecule has 1 saturated carbocycles. The van der Waals surface area contributed by atoms with Gasteiger partial charge in [-0.15, -0.1) is 0 Å². The van der Waals surface area contributed by atoms with Gasteiger partial charge in [0.1, 0.15) is 5.54 Å². The summed E-state index contributed by atoms with van der Waals surface area (Å²) in [5, 5.41) is 0. The van der Waals surface area contributed by atoms with E-state index in [0.29, 0.717) is 12.2 Å². The van der Waals surface area contributed by atoms with Crippen molar-refractivity contribution in [2.45, 2.75) is 44.1 Å². The molecule has 2 heteroatoms. The predicted octanol–water partition coefficient (Wildman–Crippen LogP) is 1.73. The van der Waals surface area contributed by atoms with Crippen LogP contribution in [-0.2, 0) is 4.79 Å². The summed E-state index contributed by atoms with van der Waals surface area (Å²) in [4.78, 5) is 15.8. The molecule has 0 bridgehead atoms. The molecule has 1 aliphatic carbocycles. The maximum absolute atomic E-state index is 11.4. The Morgan fingerprint density at radius 2 is 2.00 bits per heavy atom. The van der Waals surface area contributed by atoms with E-state index in [-0.39, 0.29) is 5.54 Å². The molecule has 2 rings (SSSR count). The Hall–Kier alpha value is -0.660. The number of Topliss-reactive ketones (excluding diaryl/α,β-unsaturated/α-hetero) is 1. The number of carbonyl (C=O) groups excluding carboxylic acids is 1. The third-order valence-electron chi connectivity index (χ3n) is 2.81. The Morgan fingerprint density at radius 3 is 2.55 bits per heavy atom. The van der Waals surface area contributed by atoms with E-state index in [0.717, 1.165) is 12.8 Å². The molecule has 1 aliphatic heterocycles. The lowest BCUT2D eigenvalue weighted by Crippen LogP contribution is -2.35. The molecular weight excluding hydrogens is 138 g/mol. The molecule has 0 aromatic rings. The molecule has 2 aliphatic rings. The van der Waals surface area contributed by atoms with Gasteiger partial charge >= 0.3 is 0 Å². The summed E-state index contributed by atoms with van der Waals surface area (Å²) in [6.45, 7) is 0. The highest BCUT2D eigenvalue weighted by Crippen LogP contribution is 2.35. The maximum Gasteiger partial charge on any atom is 0.165 e. The molecule has 0 atom stereocenters. The van der Waals surface area contributed by atoms with Crippen molar-refractivity contribution >= 4 is 12.0 Å². The van der Waals surface area contributed by atoms with Crippen molar-refractivity contribution in [3.63, 3.8) is 0 Å². The largest absolute Gasteiger partial charge is 0.297 e. The van der Waals surface area contributed by atoms with Gasteiger partial charge in [-0.25, -0.2) is 0 Å². The van der Waals surface area contributed by atoms with E-state index in [1.165, 1.54) is 19.3 Å². The lowest BCUT2D eigenvalue weighted by atomic mass is 9.80. The predicted molar refractivity (Wildman–Crippen MR) is 43.9 cm³/mol. The van der Waals surface area contributed by atoms with Crippen LogP contribution in [0, 0.1) is 0 Å². The quantitative estimate of drug-likeness (QED) is 0.518. The van der Waals surface area contributed by atoms with Crippen LogP contribution in [0.3, 0.4) is 0 Å². The zero-order valence-electron chi connectivity index (χ0n) is 6.68. The van der Waals surface area contributed by atoms with Gasteiger partial charge in [0.25, 0.3) is 0 Å². The second-order valence-electron chi connectivity index (χ2n) is 3.53. The van der Waals surface area contributed by atoms with E-state index in [4.69, 9.17) is 0 Å². The summed E-state index contributed by atoms with van der Waals surface area (Å²) in [7, 11) is 0. The van der Waals surface area contributed by atoms with Gasteiger partial charge in [-0.2, -0.15) is 0 Å². The molecule has 1 fully saturated rings. The van der Waals surface area contributed by atoms with Gasteiger partial charge in [0, 0.05) is 12.6 Å². The minimum atomic E-state index is -0.238. The van der Waals surface area contributed by atoms with E-state index in [2.05, 4.69) is 4.99 Å². The van der Waals surface area contributed by atoms with Crippen molar-refractivity contribution in [2.24, 2.45) is 4.99 Å². The molecule has 60 valence electrons. The Balaban J connectivity index is 2.18. The summed E-state index contributed by atoms with van der Waals surface area (Å²) in [6, 6.07) is 0. The molecule has 0 aromatic heterocycles. The third kappa shape index (κ3) is 1.01. The van der Waals surface area contributed by atoms with Crippen LogP contribution in [0.5, 0.6) is 0 Å². The number of ketones is 1. The summed E-state index contributed by atoms with van der Waals surface area (Å²) in [5.74, 6) is 0.359. The van der Waals surface area contributed by atoms with Crippen molar-refractivity contribution < 1.29 is 4.79 Å². The average molecular weight is 151 g/mol. The Kier molecular flexibility index (Phi) is 1.55. The van der Waals surface area contributed by atoms with Crippen LogP contribution in [0.25, 0.3) is 0 Å². The second-order valence-corrected chi connectivity index (χ2v) is 3.53. The van der Waals surface area contributed by atoms with Gasteiger partial charge in [0.05, 0.1) is 0 Å². The molecule has 2 nitrogen and oxygen atoms in total. The smallest absolute Gasteiger partial charge is 0.165 e. The van der Waals surface area contributed by atoms with Crippen molar-refractivity contribution in [3.8, 4) is 0 Å². The van der Waals surface area contributed by atoms with Gasteiger partial charge in [0.2, 0.25) is 0 Å². The molecule has 0 aromatic carbocycles. The highest BCUT2D eigenvalue weighted by Gasteiger charge is 2.40. The maximum atomic E-state index is 11.4. The molecule has 1 spiro atoms. The highest BCUT2D eigenvalue weighted by atomic mass is 16.1. The SMILES string of the molecule is O=C1CC=NC12CCCCC2. The first-order valence-electron chi connectivity index (χ1n) is 4.40. The molecule has 0 unspecified atom stereocenters. The number of carbonyl (C=O) groups is 1. The van der Waals surface area contributed by atoms with E-state index < -0.39 is 0 Å². The van der Waals surface area contributed by atoms with Crippen LogP contribution in [0.1, 0.15) is 38.5 Å². The molecule has 0 amide bonds. The number of rotatable bonds is 0. The molecule has 1 heterocycles. The summed E-state index contributed by atoms with van der Waals surface area (Å²) >= 11 is 0. The number of nitrogens with zero attached hydrogens (tertiary/aromatic N) is 1. The summed E-state index contributed by atoms with van der Waals surface area (Å²) in [6.07, 6.45) is 8.04. The van der Waals surface area contributed by atoms with E-state index in [1.807, 2.05) is 0 Å². The Labute approximate surface area is 66.7 Å². The Bertz CT molecular complexity index is 202. The van der Waals surface area contributed by atoms with Crippen molar-refractivity contribution in [3.05, 3.63) is 0 Å². The van der Waals surface area contributed by atoms with Crippen LogP contribution in [0.4, 0.5) is 0 Å². The van der Waals surface area contributed by atoms with E-state index in [1.54, 1.807) is 6.21 Å². The zero-order chi connectivity index (χ0) is 7.73. The molecule has 0 radical (unpaired) electrons. The lowest BCUT2D eigenvalue weighted by molar-refractivity contribution is -0.123. The van der Waals surface area contributed by atoms with Gasteiger partial charge < -0.3 is 0 Å². The lowest BCUT2D eigenvalue weighted by Gasteiger charge is -2.28. The minimum absolute atomic E-state index is 0.238. The van der Waals surface area contributed by atoms with E-state index in [9.17, 15) is 4.79 Å². The minimum Gasteiger partial charge on any atom is -0.297 e. The van der Waals surface area contributed by atoms with E-state index >= 15 is 0 Å². The van der Waals surface area contributed by atoms with Crippen molar-refractivity contribution in [1.82, 2.24) is 0 Å². The Morgan fingerprint density at radius 1 is 1.27 bits per heavy atom. The first-order valence-corrected chi connectivity index (χ1v) is 4.40. The first-order chi connectivity index (χ1) is 5.33. The van der Waals surface area contributed by atoms with Crippen LogP contribution in [-0.4, -0.2) is 17.5 Å². The fraction of sp³-hybridized carbons (Fsp3) is 0.778. The highest BCUT2D eigenvalue weighted by molar-refractivity contribution is 6.03. The molecular formula is C9H13NO. The molecule has 11 heavy (non-hydrogen) atoms. The number of hydrogen-bond donors (Lipinski definition) is 0. The van der Waals surface area contributed by atoms with Gasteiger partial charge in [0.15, 0.2) is 5.78 Å². The van der Waals surface area contributed by atoms with Crippen molar-refractivity contribution in [1.29, 1.82) is 0 Å². The second kappa shape index (κ2) is 2.43. The van der Waals surface area contributed by atoms with Gasteiger partial charge in [-0.3, -0.25) is 9.79 Å². The fourth-order valence-corrected chi connectivity index (χ4v) is 2.11. The van der Waals surface area contributed by atoms with Gasteiger partial charge in [-0.05, 0) is 12.8 Å². The monoisotopic (exact) mass is 151 g/mol. The van der Waals surface area contributed by atoms with Crippen LogP contribution < -0.4 is 0 Å².